The molecule has 6 nitrogen and oxygen atoms in total. The van der Waals surface area contributed by atoms with Gasteiger partial charge in [-0.25, -0.2) is 18.6 Å². The van der Waals surface area contributed by atoms with Gasteiger partial charge in [-0.15, -0.1) is 0 Å². The number of ether oxygens (including phenoxy) is 2. The van der Waals surface area contributed by atoms with E-state index in [0.717, 1.165) is 6.20 Å². The van der Waals surface area contributed by atoms with Crippen molar-refractivity contribution in [1.82, 2.24) is 14.8 Å². The van der Waals surface area contributed by atoms with Crippen LogP contribution in [0.4, 0.5) is 8.78 Å². The maximum atomic E-state index is 12.4. The molecule has 0 bridgehead atoms. The van der Waals surface area contributed by atoms with E-state index in [9.17, 15) is 13.6 Å². The minimum atomic E-state index is -2.57. The molecule has 0 atom stereocenters. The van der Waals surface area contributed by atoms with E-state index in [1.165, 1.54) is 23.0 Å². The molecule has 8 heteroatoms. The Bertz CT molecular complexity index is 641. The van der Waals surface area contributed by atoms with Crippen molar-refractivity contribution in [2.75, 3.05) is 6.61 Å². The average Bonchev–Trinajstić information content (AvgIpc) is 2.87. The third kappa shape index (κ3) is 3.57. The molecule has 0 unspecified atom stereocenters. The minimum absolute atomic E-state index is 0.0195. The highest BCUT2D eigenvalue weighted by Crippen LogP contribution is 2.20. The number of nitrogens with zero attached hydrogens (tertiary/aromatic N) is 3. The van der Waals surface area contributed by atoms with E-state index in [2.05, 4.69) is 10.1 Å². The number of carbonyl (C=O) groups excluding carboxylic acids is 1. The first-order valence-corrected chi connectivity index (χ1v) is 6.57. The zero-order valence-corrected chi connectivity index (χ0v) is 12.1. The normalized spacial score (nSPS) is 10.8. The van der Waals surface area contributed by atoms with E-state index >= 15 is 0 Å². The lowest BCUT2D eigenvalue weighted by molar-refractivity contribution is 0.0523. The highest BCUT2D eigenvalue weighted by Gasteiger charge is 2.18. The Kier molecular flexibility index (Phi) is 5.03. The largest absolute Gasteiger partial charge is 0.471 e. The standard InChI is InChI=1S/C14H15F2N3O3/c1-3-21-14(20)10-7-18-19(2)11(10)8-22-12-5-4-9(6-17-12)13(15)16/h4-7,13H,3,8H2,1-2H3. The minimum Gasteiger partial charge on any atom is -0.471 e. The lowest BCUT2D eigenvalue weighted by atomic mass is 10.2. The summed E-state index contributed by atoms with van der Waals surface area (Å²) in [5.41, 5.74) is 0.631. The van der Waals surface area contributed by atoms with E-state index in [1.54, 1.807) is 14.0 Å². The SMILES string of the molecule is CCOC(=O)c1cnn(C)c1COc1ccc(C(F)F)cn1. The zero-order valence-electron chi connectivity index (χ0n) is 12.1. The van der Waals surface area contributed by atoms with Crippen molar-refractivity contribution < 1.29 is 23.0 Å². The fourth-order valence-electron chi connectivity index (χ4n) is 1.76. The number of pyridine rings is 1. The van der Waals surface area contributed by atoms with Gasteiger partial charge in [0.1, 0.15) is 12.2 Å². The Morgan fingerprint density at radius 1 is 1.36 bits per heavy atom. The lowest BCUT2D eigenvalue weighted by Gasteiger charge is -2.08. The van der Waals surface area contributed by atoms with Gasteiger partial charge in [-0.3, -0.25) is 4.68 Å². The van der Waals surface area contributed by atoms with Crippen molar-refractivity contribution in [2.45, 2.75) is 20.0 Å². The van der Waals surface area contributed by atoms with Gasteiger partial charge in [0.05, 0.1) is 18.5 Å². The number of hydrogen-bond acceptors (Lipinski definition) is 5. The van der Waals surface area contributed by atoms with Crippen LogP contribution >= 0.6 is 0 Å². The maximum absolute atomic E-state index is 12.4. The molecule has 2 aromatic rings. The lowest BCUT2D eigenvalue weighted by Crippen LogP contribution is -2.11. The number of halogens is 2. The molecule has 2 rings (SSSR count). The van der Waals surface area contributed by atoms with Crippen molar-refractivity contribution >= 4 is 5.97 Å². The van der Waals surface area contributed by atoms with Crippen LogP contribution < -0.4 is 4.74 Å². The highest BCUT2D eigenvalue weighted by molar-refractivity contribution is 5.90. The molecule has 0 aliphatic carbocycles. The topological polar surface area (TPSA) is 66.2 Å². The van der Waals surface area contributed by atoms with Crippen LogP contribution in [0.3, 0.4) is 0 Å². The van der Waals surface area contributed by atoms with Gasteiger partial charge in [0, 0.05) is 24.9 Å². The number of rotatable bonds is 6. The van der Waals surface area contributed by atoms with Crippen molar-refractivity contribution in [2.24, 2.45) is 7.05 Å². The number of alkyl halides is 2. The summed E-state index contributed by atoms with van der Waals surface area (Å²) >= 11 is 0. The average molecular weight is 311 g/mol. The zero-order chi connectivity index (χ0) is 16.1. The Morgan fingerprint density at radius 3 is 2.73 bits per heavy atom. The molecule has 0 saturated heterocycles. The molecule has 0 fully saturated rings. The fourth-order valence-corrected chi connectivity index (χ4v) is 1.76. The van der Waals surface area contributed by atoms with E-state index in [1.807, 2.05) is 0 Å². The number of hydrogen-bond donors (Lipinski definition) is 0. The number of esters is 1. The molecule has 0 amide bonds. The summed E-state index contributed by atoms with van der Waals surface area (Å²) in [6.07, 6.45) is -0.131. The van der Waals surface area contributed by atoms with Gasteiger partial charge in [-0.2, -0.15) is 5.10 Å². The molecule has 2 aromatic heterocycles. The molecule has 2 heterocycles. The summed E-state index contributed by atoms with van der Waals surface area (Å²) in [5.74, 6) is -0.310. The molecular formula is C14H15F2N3O3. The molecule has 0 spiro atoms. The van der Waals surface area contributed by atoms with E-state index in [-0.39, 0.29) is 24.7 Å². The second kappa shape index (κ2) is 6.97. The summed E-state index contributed by atoms with van der Waals surface area (Å²) in [4.78, 5) is 15.6. The molecule has 0 N–H and O–H groups in total. The highest BCUT2D eigenvalue weighted by atomic mass is 19.3. The fraction of sp³-hybridized carbons (Fsp3) is 0.357. The first kappa shape index (κ1) is 15.9. The van der Waals surface area contributed by atoms with Crippen molar-refractivity contribution in [3.8, 4) is 5.88 Å². The van der Waals surface area contributed by atoms with Crippen LogP contribution in [-0.4, -0.2) is 27.3 Å². The molecule has 22 heavy (non-hydrogen) atoms. The summed E-state index contributed by atoms with van der Waals surface area (Å²) < 4.78 is 36.7. The Labute approximate surface area is 125 Å². The molecular weight excluding hydrogens is 296 g/mol. The second-order valence-electron chi connectivity index (χ2n) is 4.37. The first-order chi connectivity index (χ1) is 10.5. The van der Waals surface area contributed by atoms with E-state index in [0.29, 0.717) is 11.3 Å². The van der Waals surface area contributed by atoms with Gasteiger partial charge in [0.2, 0.25) is 5.88 Å². The van der Waals surface area contributed by atoms with Crippen LogP contribution in [-0.2, 0) is 18.4 Å². The van der Waals surface area contributed by atoms with Crippen LogP contribution in [0.5, 0.6) is 5.88 Å². The maximum Gasteiger partial charge on any atom is 0.341 e. The molecule has 0 radical (unpaired) electrons. The van der Waals surface area contributed by atoms with Gasteiger partial charge in [0.15, 0.2) is 0 Å². The summed E-state index contributed by atoms with van der Waals surface area (Å²) in [7, 11) is 1.66. The Morgan fingerprint density at radius 2 is 2.14 bits per heavy atom. The van der Waals surface area contributed by atoms with Crippen molar-refractivity contribution in [3.63, 3.8) is 0 Å². The van der Waals surface area contributed by atoms with E-state index in [4.69, 9.17) is 9.47 Å². The van der Waals surface area contributed by atoms with Gasteiger partial charge in [0.25, 0.3) is 6.43 Å². The van der Waals surface area contributed by atoms with Gasteiger partial charge >= 0.3 is 5.97 Å². The molecule has 0 aromatic carbocycles. The predicted molar refractivity (Wildman–Crippen MR) is 72.7 cm³/mol. The molecule has 0 aliphatic rings. The number of aromatic nitrogens is 3. The third-order valence-electron chi connectivity index (χ3n) is 2.92. The van der Waals surface area contributed by atoms with Crippen molar-refractivity contribution in [3.05, 3.63) is 41.3 Å². The summed E-state index contributed by atoms with van der Waals surface area (Å²) in [6.45, 7) is 1.98. The third-order valence-corrected chi connectivity index (χ3v) is 2.92. The molecule has 118 valence electrons. The molecule has 0 saturated carbocycles. The number of carbonyl (C=O) groups is 1. The van der Waals surface area contributed by atoms with Crippen LogP contribution in [0.25, 0.3) is 0 Å². The monoisotopic (exact) mass is 311 g/mol. The van der Waals surface area contributed by atoms with Crippen LogP contribution in [0.2, 0.25) is 0 Å². The smallest absolute Gasteiger partial charge is 0.341 e. The van der Waals surface area contributed by atoms with Crippen molar-refractivity contribution in [1.29, 1.82) is 0 Å². The van der Waals surface area contributed by atoms with E-state index < -0.39 is 12.4 Å². The predicted octanol–water partition coefficient (Wildman–Crippen LogP) is 2.51. The summed E-state index contributed by atoms with van der Waals surface area (Å²) in [5, 5.41) is 3.99. The summed E-state index contributed by atoms with van der Waals surface area (Å²) in [6, 6.07) is 2.59. The van der Waals surface area contributed by atoms with Crippen LogP contribution in [0.15, 0.2) is 24.5 Å². The van der Waals surface area contributed by atoms with Crippen LogP contribution in [0.1, 0.15) is 35.0 Å². The quantitative estimate of drug-likeness (QED) is 0.767. The van der Waals surface area contributed by atoms with Gasteiger partial charge in [-0.1, -0.05) is 0 Å². The first-order valence-electron chi connectivity index (χ1n) is 6.57. The van der Waals surface area contributed by atoms with Gasteiger partial charge in [-0.05, 0) is 13.0 Å². The second-order valence-corrected chi connectivity index (χ2v) is 4.37. The molecule has 0 aliphatic heterocycles. The van der Waals surface area contributed by atoms with Gasteiger partial charge < -0.3 is 9.47 Å². The Balaban J connectivity index is 2.08. The van der Waals surface area contributed by atoms with Crippen LogP contribution in [0, 0.1) is 0 Å². The number of aryl methyl sites for hydroxylation is 1. The Hall–Kier alpha value is -2.51.